The summed E-state index contributed by atoms with van der Waals surface area (Å²) in [6.07, 6.45) is 1.58. The Morgan fingerprint density at radius 3 is 2.56 bits per heavy atom. The lowest BCUT2D eigenvalue weighted by atomic mass is 10.2. The molecule has 1 N–H and O–H groups in total. The molecular formula is C13H12F2N2O. The van der Waals surface area contributed by atoms with Crippen LogP contribution in [-0.4, -0.2) is 12.0 Å². The minimum atomic E-state index is -0.684. The van der Waals surface area contributed by atoms with Crippen molar-refractivity contribution in [1.82, 2.24) is 10.3 Å². The predicted octanol–water partition coefficient (Wildman–Crippen LogP) is 2.87. The largest absolute Gasteiger partial charge is 0.439 e. The molecule has 0 bridgehead atoms. The summed E-state index contributed by atoms with van der Waals surface area (Å²) in [6.45, 7) is 0.663. The first-order chi connectivity index (χ1) is 8.67. The number of hydrogen-bond donors (Lipinski definition) is 1. The van der Waals surface area contributed by atoms with Gasteiger partial charge in [0.2, 0.25) is 5.88 Å². The second-order valence-corrected chi connectivity index (χ2v) is 3.74. The molecule has 0 spiro atoms. The van der Waals surface area contributed by atoms with Crippen molar-refractivity contribution in [2.24, 2.45) is 0 Å². The molecule has 0 aliphatic rings. The quantitative estimate of drug-likeness (QED) is 0.906. The van der Waals surface area contributed by atoms with E-state index in [0.717, 1.165) is 23.8 Å². The molecule has 3 nitrogen and oxygen atoms in total. The molecule has 5 heteroatoms. The van der Waals surface area contributed by atoms with E-state index in [2.05, 4.69) is 10.3 Å². The predicted molar refractivity (Wildman–Crippen MR) is 63.4 cm³/mol. The fourth-order valence-corrected chi connectivity index (χ4v) is 1.53. The minimum Gasteiger partial charge on any atom is -0.439 e. The first kappa shape index (κ1) is 12.4. The Hall–Kier alpha value is -2.01. The van der Waals surface area contributed by atoms with Crippen molar-refractivity contribution < 1.29 is 13.5 Å². The Morgan fingerprint density at radius 2 is 1.89 bits per heavy atom. The van der Waals surface area contributed by atoms with Crippen molar-refractivity contribution in [3.63, 3.8) is 0 Å². The maximum atomic E-state index is 13.0. The number of hydrogen-bond acceptors (Lipinski definition) is 3. The van der Waals surface area contributed by atoms with Gasteiger partial charge in [0, 0.05) is 37.0 Å². The van der Waals surface area contributed by atoms with E-state index in [1.807, 2.05) is 13.1 Å². The molecule has 0 aliphatic heterocycles. The molecule has 0 fully saturated rings. The van der Waals surface area contributed by atoms with E-state index < -0.39 is 11.6 Å². The van der Waals surface area contributed by atoms with Gasteiger partial charge in [0.15, 0.2) is 0 Å². The van der Waals surface area contributed by atoms with E-state index in [0.29, 0.717) is 12.4 Å². The Kier molecular flexibility index (Phi) is 3.84. The maximum absolute atomic E-state index is 13.0. The van der Waals surface area contributed by atoms with Gasteiger partial charge in [-0.25, -0.2) is 13.8 Å². The van der Waals surface area contributed by atoms with Gasteiger partial charge in [-0.2, -0.15) is 0 Å². The van der Waals surface area contributed by atoms with Gasteiger partial charge in [-0.15, -0.1) is 0 Å². The average Bonchev–Trinajstić information content (AvgIpc) is 2.28. The summed E-state index contributed by atoms with van der Waals surface area (Å²) in [5, 5.41) is 2.99. The van der Waals surface area contributed by atoms with Crippen LogP contribution in [0.3, 0.4) is 0 Å². The first-order valence-electron chi connectivity index (χ1n) is 5.41. The van der Waals surface area contributed by atoms with Gasteiger partial charge < -0.3 is 10.1 Å². The van der Waals surface area contributed by atoms with Crippen LogP contribution in [0.15, 0.2) is 36.5 Å². The fraction of sp³-hybridized carbons (Fsp3) is 0.154. The summed E-state index contributed by atoms with van der Waals surface area (Å²) in [4.78, 5) is 3.98. The minimum absolute atomic E-state index is 0.0848. The summed E-state index contributed by atoms with van der Waals surface area (Å²) >= 11 is 0. The summed E-state index contributed by atoms with van der Waals surface area (Å²) < 4.78 is 31.3. The fourth-order valence-electron chi connectivity index (χ4n) is 1.53. The third-order valence-corrected chi connectivity index (χ3v) is 2.24. The number of rotatable bonds is 4. The maximum Gasteiger partial charge on any atom is 0.219 e. The molecule has 0 saturated heterocycles. The van der Waals surface area contributed by atoms with Crippen molar-refractivity contribution in [2.75, 3.05) is 7.05 Å². The molecule has 1 heterocycles. The van der Waals surface area contributed by atoms with Crippen LogP contribution in [0.4, 0.5) is 8.78 Å². The van der Waals surface area contributed by atoms with Crippen LogP contribution in [0.1, 0.15) is 5.56 Å². The lowest BCUT2D eigenvalue weighted by molar-refractivity contribution is 0.450. The highest BCUT2D eigenvalue weighted by atomic mass is 19.1. The van der Waals surface area contributed by atoms with Crippen LogP contribution in [0.5, 0.6) is 11.6 Å². The zero-order chi connectivity index (χ0) is 13.0. The topological polar surface area (TPSA) is 34.2 Å². The molecule has 0 saturated carbocycles. The van der Waals surface area contributed by atoms with Gasteiger partial charge in [-0.3, -0.25) is 0 Å². The van der Waals surface area contributed by atoms with Crippen LogP contribution in [0, 0.1) is 11.6 Å². The van der Waals surface area contributed by atoms with Crippen LogP contribution in [0.2, 0.25) is 0 Å². The molecule has 0 aliphatic carbocycles. The highest BCUT2D eigenvalue weighted by molar-refractivity contribution is 5.29. The molecule has 0 unspecified atom stereocenters. The zero-order valence-corrected chi connectivity index (χ0v) is 9.78. The Balaban J connectivity index is 2.20. The number of aromatic nitrogens is 1. The second-order valence-electron chi connectivity index (χ2n) is 3.74. The van der Waals surface area contributed by atoms with Crippen LogP contribution in [-0.2, 0) is 6.54 Å². The smallest absolute Gasteiger partial charge is 0.219 e. The molecule has 0 radical (unpaired) electrons. The van der Waals surface area contributed by atoms with Crippen molar-refractivity contribution in [3.05, 3.63) is 53.7 Å². The number of ether oxygens (including phenoxy) is 1. The molecule has 2 rings (SSSR count). The first-order valence-corrected chi connectivity index (χ1v) is 5.41. The van der Waals surface area contributed by atoms with Crippen LogP contribution in [0.25, 0.3) is 0 Å². The standard InChI is InChI=1S/C13H12F2N2O/c1-16-8-9-2-3-17-13(4-9)18-12-6-10(14)5-11(15)7-12/h2-7,16H,8H2,1H3. The molecule has 2 aromatic rings. The zero-order valence-electron chi connectivity index (χ0n) is 9.78. The van der Waals surface area contributed by atoms with Gasteiger partial charge in [0.25, 0.3) is 0 Å². The molecule has 1 aromatic carbocycles. The van der Waals surface area contributed by atoms with E-state index in [4.69, 9.17) is 4.74 Å². The van der Waals surface area contributed by atoms with Gasteiger partial charge in [-0.1, -0.05) is 0 Å². The summed E-state index contributed by atoms with van der Waals surface area (Å²) in [5.41, 5.74) is 0.972. The van der Waals surface area contributed by atoms with Gasteiger partial charge in [0.05, 0.1) is 0 Å². The SMILES string of the molecule is CNCc1ccnc(Oc2cc(F)cc(F)c2)c1. The van der Waals surface area contributed by atoms with Crippen LogP contribution >= 0.6 is 0 Å². The lowest BCUT2D eigenvalue weighted by Gasteiger charge is -2.06. The molecule has 0 amide bonds. The lowest BCUT2D eigenvalue weighted by Crippen LogP contribution is -2.05. The number of halogens is 2. The third kappa shape index (κ3) is 3.24. The Labute approximate surface area is 103 Å². The van der Waals surface area contributed by atoms with Gasteiger partial charge in [0.1, 0.15) is 17.4 Å². The van der Waals surface area contributed by atoms with E-state index >= 15 is 0 Å². The average molecular weight is 250 g/mol. The van der Waals surface area contributed by atoms with Crippen molar-refractivity contribution in [1.29, 1.82) is 0 Å². The normalized spacial score (nSPS) is 10.4. The number of pyridine rings is 1. The molecule has 18 heavy (non-hydrogen) atoms. The molecule has 0 atom stereocenters. The second kappa shape index (κ2) is 5.55. The Morgan fingerprint density at radius 1 is 1.17 bits per heavy atom. The summed E-state index contributed by atoms with van der Waals surface area (Å²) in [7, 11) is 1.82. The van der Waals surface area contributed by atoms with E-state index in [1.54, 1.807) is 12.3 Å². The highest BCUT2D eigenvalue weighted by Gasteiger charge is 2.04. The highest BCUT2D eigenvalue weighted by Crippen LogP contribution is 2.22. The van der Waals surface area contributed by atoms with E-state index in [1.165, 1.54) is 0 Å². The number of nitrogens with zero attached hydrogens (tertiary/aromatic N) is 1. The van der Waals surface area contributed by atoms with E-state index in [9.17, 15) is 8.78 Å². The monoisotopic (exact) mass is 250 g/mol. The Bertz CT molecular complexity index is 526. The summed E-state index contributed by atoms with van der Waals surface area (Å²) in [6, 6.07) is 6.54. The van der Waals surface area contributed by atoms with Crippen molar-refractivity contribution in [2.45, 2.75) is 6.54 Å². The van der Waals surface area contributed by atoms with E-state index in [-0.39, 0.29) is 5.75 Å². The third-order valence-electron chi connectivity index (χ3n) is 2.24. The van der Waals surface area contributed by atoms with Crippen LogP contribution < -0.4 is 10.1 Å². The van der Waals surface area contributed by atoms with Crippen molar-refractivity contribution >= 4 is 0 Å². The molecule has 1 aromatic heterocycles. The van der Waals surface area contributed by atoms with Crippen molar-refractivity contribution in [3.8, 4) is 11.6 Å². The summed E-state index contributed by atoms with van der Waals surface area (Å²) in [5.74, 6) is -0.984. The van der Waals surface area contributed by atoms with Gasteiger partial charge >= 0.3 is 0 Å². The molecule has 94 valence electrons. The molecular weight excluding hydrogens is 238 g/mol. The van der Waals surface area contributed by atoms with Gasteiger partial charge in [-0.05, 0) is 18.7 Å². The number of nitrogens with one attached hydrogen (secondary N) is 1. The number of benzene rings is 1.